The van der Waals surface area contributed by atoms with Crippen LogP contribution < -0.4 is 10.2 Å². The molecule has 0 saturated carbocycles. The number of fused-ring (bicyclic) bond motifs is 1. The summed E-state index contributed by atoms with van der Waals surface area (Å²) in [4.78, 5) is 16.5. The standard InChI is InChI=1S/C26H23ClF3N5S/c27-18-11-32-20-3-4-23(35-13-16(29)10-21(35)17-9-15(28)1-2-19(17)30)34-25(20)24(18)22-12-33-26(36-22)14-5-7-31-8-6-14/h1-4,9,11-12,14,16,21,31H,5-8,10,13H2/t16-,21+/m0/s1. The van der Waals surface area contributed by atoms with Crippen molar-refractivity contribution in [3.63, 3.8) is 0 Å². The van der Waals surface area contributed by atoms with Gasteiger partial charge in [-0.25, -0.2) is 23.1 Å². The Morgan fingerprint density at radius 3 is 2.72 bits per heavy atom. The third kappa shape index (κ3) is 4.33. The van der Waals surface area contributed by atoms with Crippen LogP contribution in [0.3, 0.4) is 0 Å². The lowest BCUT2D eigenvalue weighted by Crippen LogP contribution is -2.26. The zero-order valence-corrected chi connectivity index (χ0v) is 20.8. The van der Waals surface area contributed by atoms with E-state index < -0.39 is 23.8 Å². The van der Waals surface area contributed by atoms with Crippen molar-refractivity contribution in [1.29, 1.82) is 0 Å². The molecular weight excluding hydrogens is 507 g/mol. The van der Waals surface area contributed by atoms with Crippen molar-refractivity contribution in [1.82, 2.24) is 20.3 Å². The highest BCUT2D eigenvalue weighted by Gasteiger charge is 2.36. The summed E-state index contributed by atoms with van der Waals surface area (Å²) in [5.74, 6) is -0.256. The molecule has 1 N–H and O–H groups in total. The van der Waals surface area contributed by atoms with Gasteiger partial charge in [-0.3, -0.25) is 4.98 Å². The first-order chi connectivity index (χ1) is 17.5. The molecule has 0 bridgehead atoms. The Balaban J connectivity index is 1.42. The van der Waals surface area contributed by atoms with Crippen LogP contribution in [-0.2, 0) is 0 Å². The number of thiazole rings is 1. The van der Waals surface area contributed by atoms with E-state index in [1.165, 1.54) is 0 Å². The molecule has 2 aliphatic heterocycles. The molecule has 0 aliphatic carbocycles. The largest absolute Gasteiger partial charge is 0.346 e. The molecule has 36 heavy (non-hydrogen) atoms. The molecule has 4 aromatic rings. The number of aromatic nitrogens is 3. The molecule has 2 fully saturated rings. The van der Waals surface area contributed by atoms with Crippen molar-refractivity contribution in [2.75, 3.05) is 24.5 Å². The number of anilines is 1. The summed E-state index contributed by atoms with van der Waals surface area (Å²) < 4.78 is 43.1. The van der Waals surface area contributed by atoms with Crippen molar-refractivity contribution >= 4 is 39.8 Å². The lowest BCUT2D eigenvalue weighted by Gasteiger charge is -2.26. The van der Waals surface area contributed by atoms with E-state index >= 15 is 0 Å². The maximum Gasteiger partial charge on any atom is 0.130 e. The van der Waals surface area contributed by atoms with Crippen molar-refractivity contribution in [3.8, 4) is 10.4 Å². The maximum absolute atomic E-state index is 14.6. The van der Waals surface area contributed by atoms with Gasteiger partial charge < -0.3 is 10.2 Å². The first-order valence-electron chi connectivity index (χ1n) is 12.0. The maximum atomic E-state index is 14.6. The van der Waals surface area contributed by atoms with Gasteiger partial charge >= 0.3 is 0 Å². The van der Waals surface area contributed by atoms with Gasteiger partial charge in [0, 0.05) is 35.9 Å². The van der Waals surface area contributed by atoms with Gasteiger partial charge in [0.25, 0.3) is 0 Å². The molecule has 2 aliphatic rings. The van der Waals surface area contributed by atoms with E-state index in [0.717, 1.165) is 59.6 Å². The van der Waals surface area contributed by atoms with Crippen LogP contribution >= 0.6 is 22.9 Å². The van der Waals surface area contributed by atoms with Gasteiger partial charge in [-0.15, -0.1) is 11.3 Å². The topological polar surface area (TPSA) is 53.9 Å². The number of rotatable bonds is 4. The second-order valence-corrected chi connectivity index (χ2v) is 10.7. The van der Waals surface area contributed by atoms with E-state index in [-0.39, 0.29) is 18.5 Å². The molecule has 2 atom stereocenters. The summed E-state index contributed by atoms with van der Waals surface area (Å²) >= 11 is 8.24. The first-order valence-corrected chi connectivity index (χ1v) is 13.1. The fourth-order valence-corrected chi connectivity index (χ4v) is 6.63. The van der Waals surface area contributed by atoms with Crippen LogP contribution in [0.2, 0.25) is 5.02 Å². The summed E-state index contributed by atoms with van der Waals surface area (Å²) in [6.45, 7) is 1.98. The number of nitrogens with zero attached hydrogens (tertiary/aromatic N) is 4. The number of hydrogen-bond acceptors (Lipinski definition) is 6. The van der Waals surface area contributed by atoms with E-state index in [9.17, 15) is 13.2 Å². The number of nitrogens with one attached hydrogen (secondary N) is 1. The van der Waals surface area contributed by atoms with Gasteiger partial charge in [0.15, 0.2) is 0 Å². The SMILES string of the molecule is Fc1ccc(F)c([C@H]2C[C@H](F)CN2c2ccc3ncc(Cl)c(-c4cnc(C5CCNCC5)s4)c3n2)c1. The molecule has 5 heterocycles. The average Bonchev–Trinajstić information content (AvgIpc) is 3.53. The average molecular weight is 530 g/mol. The molecule has 6 rings (SSSR count). The summed E-state index contributed by atoms with van der Waals surface area (Å²) in [5, 5.41) is 4.90. The molecule has 2 saturated heterocycles. The normalized spacial score (nSPS) is 20.9. The summed E-state index contributed by atoms with van der Waals surface area (Å²) in [5.41, 5.74) is 2.06. The highest BCUT2D eigenvalue weighted by atomic mass is 35.5. The highest BCUT2D eigenvalue weighted by Crippen LogP contribution is 2.42. The Bertz CT molecular complexity index is 1420. The Morgan fingerprint density at radius 1 is 1.06 bits per heavy atom. The fourth-order valence-electron chi connectivity index (χ4n) is 5.19. The van der Waals surface area contributed by atoms with Crippen molar-refractivity contribution in [3.05, 3.63) is 70.0 Å². The Kier molecular flexibility index (Phi) is 6.31. The predicted octanol–water partition coefficient (Wildman–Crippen LogP) is 6.44. The molecule has 0 radical (unpaired) electrons. The summed E-state index contributed by atoms with van der Waals surface area (Å²) in [6.07, 6.45) is 4.36. The minimum atomic E-state index is -1.19. The third-order valence-electron chi connectivity index (χ3n) is 6.97. The van der Waals surface area contributed by atoms with Crippen LogP contribution in [0.5, 0.6) is 0 Å². The van der Waals surface area contributed by atoms with E-state index in [2.05, 4.69) is 10.3 Å². The van der Waals surface area contributed by atoms with Crippen molar-refractivity contribution in [2.45, 2.75) is 37.4 Å². The number of pyridine rings is 2. The van der Waals surface area contributed by atoms with Gasteiger partial charge in [-0.05, 0) is 56.3 Å². The zero-order valence-electron chi connectivity index (χ0n) is 19.2. The van der Waals surface area contributed by atoms with Gasteiger partial charge in [0.1, 0.15) is 29.1 Å². The second-order valence-electron chi connectivity index (χ2n) is 9.27. The lowest BCUT2D eigenvalue weighted by molar-refractivity contribution is 0.355. The molecule has 5 nitrogen and oxygen atoms in total. The summed E-state index contributed by atoms with van der Waals surface area (Å²) in [7, 11) is 0. The minimum Gasteiger partial charge on any atom is -0.346 e. The first kappa shape index (κ1) is 23.6. The van der Waals surface area contributed by atoms with Crippen LogP contribution in [0.15, 0.2) is 42.7 Å². The van der Waals surface area contributed by atoms with Gasteiger partial charge in [0.05, 0.1) is 33.0 Å². The van der Waals surface area contributed by atoms with Gasteiger partial charge in [-0.2, -0.15) is 0 Å². The molecule has 0 spiro atoms. The van der Waals surface area contributed by atoms with Crippen LogP contribution in [0.25, 0.3) is 21.5 Å². The zero-order chi connectivity index (χ0) is 24.8. The molecular formula is C26H23ClF3N5S. The molecule has 186 valence electrons. The highest BCUT2D eigenvalue weighted by molar-refractivity contribution is 7.15. The quantitative estimate of drug-likeness (QED) is 0.329. The van der Waals surface area contributed by atoms with E-state index in [4.69, 9.17) is 21.6 Å². The molecule has 0 amide bonds. The molecule has 10 heteroatoms. The molecule has 3 aromatic heterocycles. The van der Waals surface area contributed by atoms with E-state index in [0.29, 0.717) is 27.8 Å². The number of hydrogen-bond donors (Lipinski definition) is 1. The number of halogens is 4. The Hall–Kier alpha value is -2.75. The van der Waals surface area contributed by atoms with Crippen LogP contribution in [0.4, 0.5) is 19.0 Å². The van der Waals surface area contributed by atoms with E-state index in [1.54, 1.807) is 34.6 Å². The number of alkyl halides is 1. The Morgan fingerprint density at radius 2 is 1.89 bits per heavy atom. The van der Waals surface area contributed by atoms with Crippen LogP contribution in [0.1, 0.15) is 41.8 Å². The molecule has 1 aromatic carbocycles. The van der Waals surface area contributed by atoms with Crippen LogP contribution in [-0.4, -0.2) is 40.8 Å². The number of benzene rings is 1. The minimum absolute atomic E-state index is 0.0306. The Labute approximate surface area is 215 Å². The third-order valence-corrected chi connectivity index (χ3v) is 8.44. The van der Waals surface area contributed by atoms with Crippen molar-refractivity contribution < 1.29 is 13.2 Å². The fraction of sp³-hybridized carbons (Fsp3) is 0.346. The second kappa shape index (κ2) is 9.61. The predicted molar refractivity (Wildman–Crippen MR) is 136 cm³/mol. The lowest BCUT2D eigenvalue weighted by atomic mass is 9.99. The molecule has 0 unspecified atom stereocenters. The van der Waals surface area contributed by atoms with Gasteiger partial charge in [-0.1, -0.05) is 11.6 Å². The van der Waals surface area contributed by atoms with E-state index in [1.807, 2.05) is 6.20 Å². The van der Waals surface area contributed by atoms with Crippen LogP contribution in [0, 0.1) is 11.6 Å². The smallest absolute Gasteiger partial charge is 0.130 e. The summed E-state index contributed by atoms with van der Waals surface area (Å²) in [6, 6.07) is 6.14. The van der Waals surface area contributed by atoms with Gasteiger partial charge in [0.2, 0.25) is 0 Å². The van der Waals surface area contributed by atoms with Crippen molar-refractivity contribution in [2.24, 2.45) is 0 Å². The number of piperidine rings is 1. The monoisotopic (exact) mass is 529 g/mol.